The zero-order chi connectivity index (χ0) is 16.4. The molecule has 24 heavy (non-hydrogen) atoms. The molecule has 1 unspecified atom stereocenters. The Hall–Kier alpha value is -2.31. The van der Waals surface area contributed by atoms with Gasteiger partial charge in [-0.05, 0) is 29.7 Å². The standard InChI is InChI=1S/C17H21N5O.ClH/c1-3-17(2)21-15(18)20-16(19)22(17)23-11-13-9-6-8-12-7-4-5-10-14(12)13;/h4-10H,3,11H2,1-2H3,(H4,18,19,20,21);1H. The van der Waals surface area contributed by atoms with Crippen LogP contribution in [0, 0.1) is 0 Å². The highest BCUT2D eigenvalue weighted by Crippen LogP contribution is 2.26. The van der Waals surface area contributed by atoms with Crippen LogP contribution in [0.2, 0.25) is 0 Å². The topological polar surface area (TPSA) is 89.2 Å². The molecule has 2 aromatic rings. The third kappa shape index (κ3) is 3.29. The molecule has 2 aromatic carbocycles. The third-order valence-corrected chi connectivity index (χ3v) is 4.13. The predicted octanol–water partition coefficient (Wildman–Crippen LogP) is 2.76. The zero-order valence-corrected chi connectivity index (χ0v) is 14.6. The molecule has 0 radical (unpaired) electrons. The van der Waals surface area contributed by atoms with Gasteiger partial charge in [0.25, 0.3) is 0 Å². The SMILES string of the molecule is CCC1(C)N=C(N)N=C(N)N1OCc1cccc2ccccc12.Cl. The van der Waals surface area contributed by atoms with Crippen LogP contribution in [0.25, 0.3) is 10.8 Å². The molecule has 0 aliphatic carbocycles. The maximum absolute atomic E-state index is 5.99. The first kappa shape index (κ1) is 18.0. The molecule has 6 nitrogen and oxygen atoms in total. The molecule has 128 valence electrons. The van der Waals surface area contributed by atoms with Gasteiger partial charge in [-0.2, -0.15) is 10.1 Å². The molecular formula is C17H22ClN5O. The number of nitrogens with two attached hydrogens (primary N) is 2. The number of benzene rings is 2. The smallest absolute Gasteiger partial charge is 0.226 e. The molecule has 1 heterocycles. The van der Waals surface area contributed by atoms with Crippen molar-refractivity contribution in [2.45, 2.75) is 32.5 Å². The third-order valence-electron chi connectivity index (χ3n) is 4.13. The van der Waals surface area contributed by atoms with Crippen LogP contribution >= 0.6 is 12.4 Å². The van der Waals surface area contributed by atoms with Crippen LogP contribution in [0.4, 0.5) is 0 Å². The molecule has 0 bridgehead atoms. The Morgan fingerprint density at radius 3 is 2.58 bits per heavy atom. The Labute approximate surface area is 147 Å². The van der Waals surface area contributed by atoms with Gasteiger partial charge in [-0.25, -0.2) is 4.99 Å². The average molecular weight is 348 g/mol. The molecule has 1 atom stereocenters. The van der Waals surface area contributed by atoms with Crippen LogP contribution in [0.3, 0.4) is 0 Å². The quantitative estimate of drug-likeness (QED) is 0.889. The van der Waals surface area contributed by atoms with Gasteiger partial charge in [-0.1, -0.05) is 49.4 Å². The minimum atomic E-state index is -0.652. The molecule has 0 spiro atoms. The number of nitrogens with zero attached hydrogens (tertiary/aromatic N) is 3. The Morgan fingerprint density at radius 1 is 1.12 bits per heavy atom. The summed E-state index contributed by atoms with van der Waals surface area (Å²) in [6.45, 7) is 4.30. The second-order valence-corrected chi connectivity index (χ2v) is 5.72. The van der Waals surface area contributed by atoms with Crippen molar-refractivity contribution in [3.63, 3.8) is 0 Å². The summed E-state index contributed by atoms with van der Waals surface area (Å²) in [7, 11) is 0. The van der Waals surface area contributed by atoms with Crippen molar-refractivity contribution in [1.29, 1.82) is 0 Å². The highest BCUT2D eigenvalue weighted by atomic mass is 35.5. The van der Waals surface area contributed by atoms with Gasteiger partial charge in [0, 0.05) is 0 Å². The highest BCUT2D eigenvalue weighted by molar-refractivity contribution is 5.95. The Kier molecular flexibility index (Phi) is 5.31. The van der Waals surface area contributed by atoms with Crippen LogP contribution in [0.5, 0.6) is 0 Å². The van der Waals surface area contributed by atoms with Gasteiger partial charge in [0.15, 0.2) is 5.66 Å². The fraction of sp³-hybridized carbons (Fsp3) is 0.294. The van der Waals surface area contributed by atoms with E-state index in [0.29, 0.717) is 13.0 Å². The van der Waals surface area contributed by atoms with Crippen molar-refractivity contribution in [2.24, 2.45) is 21.5 Å². The fourth-order valence-corrected chi connectivity index (χ4v) is 2.71. The number of hydrogen-bond donors (Lipinski definition) is 2. The summed E-state index contributed by atoms with van der Waals surface area (Å²) >= 11 is 0. The lowest BCUT2D eigenvalue weighted by Crippen LogP contribution is -2.54. The van der Waals surface area contributed by atoms with Gasteiger partial charge in [0.05, 0.1) is 0 Å². The normalized spacial score (nSPS) is 20.3. The van der Waals surface area contributed by atoms with Gasteiger partial charge in [0.2, 0.25) is 11.9 Å². The van der Waals surface area contributed by atoms with Gasteiger partial charge in [-0.15, -0.1) is 12.4 Å². The summed E-state index contributed by atoms with van der Waals surface area (Å²) in [5.41, 5.74) is 12.1. The van der Waals surface area contributed by atoms with Gasteiger partial charge in [0.1, 0.15) is 6.61 Å². The first-order valence-corrected chi connectivity index (χ1v) is 7.63. The Morgan fingerprint density at radius 2 is 1.83 bits per heavy atom. The lowest BCUT2D eigenvalue weighted by atomic mass is 10.1. The van der Waals surface area contributed by atoms with E-state index in [1.54, 1.807) is 5.06 Å². The molecule has 0 aromatic heterocycles. The van der Waals surface area contributed by atoms with Crippen LogP contribution in [-0.2, 0) is 11.4 Å². The molecule has 3 rings (SSSR count). The number of halogens is 1. The van der Waals surface area contributed by atoms with Crippen molar-refractivity contribution < 1.29 is 4.84 Å². The molecule has 4 N–H and O–H groups in total. The molecule has 1 aliphatic heterocycles. The second kappa shape index (κ2) is 7.07. The van der Waals surface area contributed by atoms with Crippen molar-refractivity contribution in [1.82, 2.24) is 5.06 Å². The molecule has 0 amide bonds. The number of fused-ring (bicyclic) bond motifs is 1. The summed E-state index contributed by atoms with van der Waals surface area (Å²) in [5, 5.41) is 3.88. The first-order valence-electron chi connectivity index (χ1n) is 7.63. The number of aliphatic imine (C=N–C) groups is 2. The fourth-order valence-electron chi connectivity index (χ4n) is 2.71. The van der Waals surface area contributed by atoms with E-state index in [1.807, 2.05) is 38.1 Å². The zero-order valence-electron chi connectivity index (χ0n) is 13.8. The summed E-state index contributed by atoms with van der Waals surface area (Å²) in [4.78, 5) is 14.3. The van der Waals surface area contributed by atoms with E-state index in [4.69, 9.17) is 16.3 Å². The number of rotatable bonds is 4. The highest BCUT2D eigenvalue weighted by Gasteiger charge is 2.36. The van der Waals surface area contributed by atoms with E-state index in [0.717, 1.165) is 10.9 Å². The minimum absolute atomic E-state index is 0. The van der Waals surface area contributed by atoms with Crippen molar-refractivity contribution in [2.75, 3.05) is 0 Å². The van der Waals surface area contributed by atoms with Crippen LogP contribution in [-0.4, -0.2) is 22.6 Å². The van der Waals surface area contributed by atoms with E-state index in [9.17, 15) is 0 Å². The first-order chi connectivity index (χ1) is 11.0. The minimum Gasteiger partial charge on any atom is -0.368 e. The Bertz CT molecular complexity index is 786. The van der Waals surface area contributed by atoms with Crippen molar-refractivity contribution >= 4 is 35.1 Å². The monoisotopic (exact) mass is 347 g/mol. The number of guanidine groups is 2. The van der Waals surface area contributed by atoms with Crippen LogP contribution < -0.4 is 11.5 Å². The summed E-state index contributed by atoms with van der Waals surface area (Å²) in [5.74, 6) is 0.402. The summed E-state index contributed by atoms with van der Waals surface area (Å²) < 4.78 is 0. The van der Waals surface area contributed by atoms with E-state index in [1.165, 1.54) is 5.39 Å². The molecule has 1 aliphatic rings. The molecule has 0 saturated carbocycles. The average Bonchev–Trinajstić information content (AvgIpc) is 2.54. The second-order valence-electron chi connectivity index (χ2n) is 5.72. The summed E-state index contributed by atoms with van der Waals surface area (Å²) in [6, 6.07) is 14.3. The predicted molar refractivity (Wildman–Crippen MR) is 99.8 cm³/mol. The van der Waals surface area contributed by atoms with Crippen molar-refractivity contribution in [3.8, 4) is 0 Å². The van der Waals surface area contributed by atoms with Crippen LogP contribution in [0.1, 0.15) is 25.8 Å². The van der Waals surface area contributed by atoms with E-state index in [2.05, 4.69) is 28.2 Å². The van der Waals surface area contributed by atoms with Crippen molar-refractivity contribution in [3.05, 3.63) is 48.0 Å². The summed E-state index contributed by atoms with van der Waals surface area (Å²) in [6.07, 6.45) is 0.694. The lowest BCUT2D eigenvalue weighted by molar-refractivity contribution is -0.172. The van der Waals surface area contributed by atoms with Gasteiger partial charge >= 0.3 is 0 Å². The van der Waals surface area contributed by atoms with E-state index >= 15 is 0 Å². The number of hydroxylamine groups is 2. The van der Waals surface area contributed by atoms with E-state index < -0.39 is 5.66 Å². The molecule has 0 saturated heterocycles. The molecular weight excluding hydrogens is 326 g/mol. The Balaban J connectivity index is 0.00000208. The molecule has 0 fully saturated rings. The van der Waals surface area contributed by atoms with Gasteiger partial charge in [-0.3, -0.25) is 4.84 Å². The van der Waals surface area contributed by atoms with Crippen LogP contribution in [0.15, 0.2) is 52.4 Å². The lowest BCUT2D eigenvalue weighted by Gasteiger charge is -2.38. The van der Waals surface area contributed by atoms with E-state index in [-0.39, 0.29) is 24.3 Å². The maximum Gasteiger partial charge on any atom is 0.226 e. The maximum atomic E-state index is 5.99. The largest absolute Gasteiger partial charge is 0.368 e. The van der Waals surface area contributed by atoms with Gasteiger partial charge < -0.3 is 11.5 Å². The number of hydrogen-bond acceptors (Lipinski definition) is 6. The molecule has 7 heteroatoms.